The molecular weight excluding hydrogens is 168 g/mol. The van der Waals surface area contributed by atoms with Crippen LogP contribution in [0.5, 0.6) is 0 Å². The van der Waals surface area contributed by atoms with Gasteiger partial charge in [0.2, 0.25) is 0 Å². The third kappa shape index (κ3) is 7.95. The third-order valence-electron chi connectivity index (χ3n) is 1.92. The molecule has 0 spiro atoms. The van der Waals surface area contributed by atoms with Crippen molar-refractivity contribution in [2.24, 2.45) is 5.84 Å². The molecule has 0 fully saturated rings. The number of hydrogen-bond acceptors (Lipinski definition) is 2. The lowest BCUT2D eigenvalue weighted by Gasteiger charge is -2.01. The van der Waals surface area contributed by atoms with Crippen LogP contribution in [0.1, 0.15) is 51.9 Å². The van der Waals surface area contributed by atoms with Crippen LogP contribution in [0.4, 0.5) is 0 Å². The van der Waals surface area contributed by atoms with Gasteiger partial charge in [-0.2, -0.15) is 0 Å². The van der Waals surface area contributed by atoms with Gasteiger partial charge in [0, 0.05) is 0 Å². The maximum atomic E-state index is 5.14. The first-order chi connectivity index (χ1) is 5.81. The number of rotatable bonds is 7. The molecule has 3 N–H and O–H groups in total. The molecule has 0 aliphatic carbocycles. The number of hydrogen-bond donors (Lipinski definition) is 2. The summed E-state index contributed by atoms with van der Waals surface area (Å²) in [5.41, 5.74) is 2.50. The van der Waals surface area contributed by atoms with Gasteiger partial charge in [0.25, 0.3) is 0 Å². The van der Waals surface area contributed by atoms with Gasteiger partial charge < -0.3 is 5.43 Å². The molecule has 0 bridgehead atoms. The van der Waals surface area contributed by atoms with Gasteiger partial charge in [-0.05, 0) is 12.8 Å². The van der Waals surface area contributed by atoms with Crippen molar-refractivity contribution in [2.45, 2.75) is 51.9 Å². The molecule has 3 heteroatoms. The van der Waals surface area contributed by atoms with Gasteiger partial charge in [-0.25, -0.2) is 0 Å². The van der Waals surface area contributed by atoms with E-state index < -0.39 is 0 Å². The highest BCUT2D eigenvalue weighted by atomic mass is 32.1. The van der Waals surface area contributed by atoms with E-state index in [9.17, 15) is 0 Å². The van der Waals surface area contributed by atoms with E-state index in [0.29, 0.717) is 0 Å². The summed E-state index contributed by atoms with van der Waals surface area (Å²) in [6, 6.07) is 0. The van der Waals surface area contributed by atoms with Crippen LogP contribution in [0.2, 0.25) is 0 Å². The molecule has 0 atom stereocenters. The average molecular weight is 188 g/mol. The van der Waals surface area contributed by atoms with Crippen LogP contribution in [-0.4, -0.2) is 4.99 Å². The fourth-order valence-electron chi connectivity index (χ4n) is 1.14. The summed E-state index contributed by atoms with van der Waals surface area (Å²) in [7, 11) is 0. The lowest BCUT2D eigenvalue weighted by atomic mass is 10.1. The molecule has 0 saturated carbocycles. The van der Waals surface area contributed by atoms with Gasteiger partial charge >= 0.3 is 0 Å². The molecule has 0 aromatic heterocycles. The Hall–Kier alpha value is -0.150. The second-order valence-electron chi connectivity index (χ2n) is 3.09. The summed E-state index contributed by atoms with van der Waals surface area (Å²) in [5.74, 6) is 5.14. The molecule has 0 aliphatic heterocycles. The van der Waals surface area contributed by atoms with Gasteiger partial charge in [-0.3, -0.25) is 5.84 Å². The highest BCUT2D eigenvalue weighted by Gasteiger charge is 1.93. The van der Waals surface area contributed by atoms with E-state index in [-0.39, 0.29) is 0 Å². The largest absolute Gasteiger partial charge is 0.318 e. The Labute approximate surface area is 80.9 Å². The van der Waals surface area contributed by atoms with E-state index in [1.165, 1.54) is 38.5 Å². The van der Waals surface area contributed by atoms with Crippen LogP contribution < -0.4 is 11.3 Å². The molecule has 2 nitrogen and oxygen atoms in total. The Morgan fingerprint density at radius 2 is 1.75 bits per heavy atom. The van der Waals surface area contributed by atoms with Crippen LogP contribution >= 0.6 is 12.2 Å². The monoisotopic (exact) mass is 188 g/mol. The van der Waals surface area contributed by atoms with E-state index in [1.807, 2.05) is 0 Å². The quantitative estimate of drug-likeness (QED) is 0.279. The zero-order chi connectivity index (χ0) is 9.23. The normalized spacial score (nSPS) is 9.83. The Kier molecular flexibility index (Phi) is 8.83. The first kappa shape index (κ1) is 11.8. The summed E-state index contributed by atoms with van der Waals surface area (Å²) in [4.78, 5) is 0.783. The molecule has 0 unspecified atom stereocenters. The number of nitrogens with one attached hydrogen (secondary N) is 1. The summed E-state index contributed by atoms with van der Waals surface area (Å²) in [5, 5.41) is 0. The molecule has 0 amide bonds. The Morgan fingerprint density at radius 3 is 2.33 bits per heavy atom. The predicted molar refractivity (Wildman–Crippen MR) is 57.9 cm³/mol. The van der Waals surface area contributed by atoms with Crippen molar-refractivity contribution < 1.29 is 0 Å². The zero-order valence-corrected chi connectivity index (χ0v) is 8.75. The topological polar surface area (TPSA) is 38.0 Å². The van der Waals surface area contributed by atoms with Crippen molar-refractivity contribution in [3.05, 3.63) is 0 Å². The minimum atomic E-state index is 0.783. The van der Waals surface area contributed by atoms with Crippen LogP contribution in [0, 0.1) is 0 Å². The first-order valence-electron chi connectivity index (χ1n) is 4.80. The fourth-order valence-corrected chi connectivity index (χ4v) is 1.28. The molecule has 0 heterocycles. The van der Waals surface area contributed by atoms with E-state index in [0.717, 1.165) is 11.4 Å². The van der Waals surface area contributed by atoms with Crippen LogP contribution in [0.25, 0.3) is 0 Å². The highest BCUT2D eigenvalue weighted by Crippen LogP contribution is 2.06. The molecule has 0 rings (SSSR count). The Bertz CT molecular complexity index is 115. The van der Waals surface area contributed by atoms with E-state index in [4.69, 9.17) is 18.1 Å². The molecule has 0 aromatic carbocycles. The Balaban J connectivity index is 2.95. The number of nitrogens with two attached hydrogens (primary N) is 1. The van der Waals surface area contributed by atoms with Crippen LogP contribution in [-0.2, 0) is 0 Å². The van der Waals surface area contributed by atoms with Crippen molar-refractivity contribution in [3.8, 4) is 0 Å². The molecular formula is C9H20N2S. The average Bonchev–Trinajstić information content (AvgIpc) is 2.10. The Morgan fingerprint density at radius 1 is 1.17 bits per heavy atom. The van der Waals surface area contributed by atoms with Crippen molar-refractivity contribution in [3.63, 3.8) is 0 Å². The van der Waals surface area contributed by atoms with Crippen molar-refractivity contribution in [1.29, 1.82) is 0 Å². The first-order valence-corrected chi connectivity index (χ1v) is 5.21. The smallest absolute Gasteiger partial charge is 0.0893 e. The second kappa shape index (κ2) is 8.94. The van der Waals surface area contributed by atoms with E-state index >= 15 is 0 Å². The maximum absolute atomic E-state index is 5.14. The lowest BCUT2D eigenvalue weighted by molar-refractivity contribution is 0.614. The molecule has 12 heavy (non-hydrogen) atoms. The number of unbranched alkanes of at least 4 members (excludes halogenated alkanes) is 5. The third-order valence-corrected chi connectivity index (χ3v) is 2.24. The SMILES string of the molecule is CCCCCCCCC(=S)NN. The number of thiocarbonyl (C=S) groups is 1. The second-order valence-corrected chi connectivity index (χ2v) is 3.58. The summed E-state index contributed by atoms with van der Waals surface area (Å²) in [6.07, 6.45) is 8.76. The number of hydrazine groups is 1. The minimum Gasteiger partial charge on any atom is -0.318 e. The molecule has 72 valence electrons. The highest BCUT2D eigenvalue weighted by molar-refractivity contribution is 7.80. The van der Waals surface area contributed by atoms with Gasteiger partial charge in [-0.15, -0.1) is 0 Å². The lowest BCUT2D eigenvalue weighted by Crippen LogP contribution is -2.28. The molecule has 0 aromatic rings. The predicted octanol–water partition coefficient (Wildman–Crippen LogP) is 2.53. The van der Waals surface area contributed by atoms with E-state index in [2.05, 4.69) is 12.3 Å². The van der Waals surface area contributed by atoms with E-state index in [1.54, 1.807) is 0 Å². The van der Waals surface area contributed by atoms with Gasteiger partial charge in [0.1, 0.15) is 0 Å². The summed E-state index contributed by atoms with van der Waals surface area (Å²) in [6.45, 7) is 2.23. The summed E-state index contributed by atoms with van der Waals surface area (Å²) < 4.78 is 0. The van der Waals surface area contributed by atoms with Gasteiger partial charge in [0.15, 0.2) is 0 Å². The fraction of sp³-hybridized carbons (Fsp3) is 0.889. The molecule has 0 radical (unpaired) electrons. The van der Waals surface area contributed by atoms with Crippen molar-refractivity contribution >= 4 is 17.2 Å². The standard InChI is InChI=1S/C9H20N2S/c1-2-3-4-5-6-7-8-9(12)11-10/h2-8,10H2,1H3,(H,11,12). The maximum Gasteiger partial charge on any atom is 0.0893 e. The summed E-state index contributed by atoms with van der Waals surface area (Å²) >= 11 is 4.92. The van der Waals surface area contributed by atoms with Crippen LogP contribution in [0.15, 0.2) is 0 Å². The van der Waals surface area contributed by atoms with Gasteiger partial charge in [-0.1, -0.05) is 51.2 Å². The van der Waals surface area contributed by atoms with Gasteiger partial charge in [0.05, 0.1) is 4.99 Å². The van der Waals surface area contributed by atoms with Crippen molar-refractivity contribution in [1.82, 2.24) is 5.43 Å². The zero-order valence-electron chi connectivity index (χ0n) is 7.94. The molecule has 0 aliphatic rings. The minimum absolute atomic E-state index is 0.783. The van der Waals surface area contributed by atoms with Crippen molar-refractivity contribution in [2.75, 3.05) is 0 Å². The van der Waals surface area contributed by atoms with Crippen LogP contribution in [0.3, 0.4) is 0 Å². The molecule has 0 saturated heterocycles.